The van der Waals surface area contributed by atoms with Gasteiger partial charge in [-0.2, -0.15) is 0 Å². The number of ether oxygens (including phenoxy) is 1. The highest BCUT2D eigenvalue weighted by Crippen LogP contribution is 1.94. The maximum atomic E-state index is 11.2. The molecule has 0 rings (SSSR count). The fourth-order valence-electron chi connectivity index (χ4n) is 1.14. The Morgan fingerprint density at radius 3 is 2.53 bits per heavy atom. The van der Waals surface area contributed by atoms with E-state index in [1.165, 1.54) is 0 Å². The Labute approximate surface area is 92.6 Å². The predicted octanol–water partition coefficient (Wildman–Crippen LogP) is 1.05. The van der Waals surface area contributed by atoms with Gasteiger partial charge >= 0.3 is 0 Å². The first kappa shape index (κ1) is 14.4. The van der Waals surface area contributed by atoms with Crippen molar-refractivity contribution in [1.29, 1.82) is 0 Å². The van der Waals surface area contributed by atoms with Crippen LogP contribution in [0.4, 0.5) is 0 Å². The largest absolute Gasteiger partial charge is 0.379 e. The van der Waals surface area contributed by atoms with Gasteiger partial charge in [0.05, 0.1) is 6.10 Å². The van der Waals surface area contributed by atoms with Gasteiger partial charge in [-0.25, -0.2) is 0 Å². The molecule has 3 N–H and O–H groups in total. The first-order valence-corrected chi connectivity index (χ1v) is 5.66. The lowest BCUT2D eigenvalue weighted by Crippen LogP contribution is -2.30. The maximum absolute atomic E-state index is 11.2. The van der Waals surface area contributed by atoms with Crippen molar-refractivity contribution in [1.82, 2.24) is 5.32 Å². The summed E-state index contributed by atoms with van der Waals surface area (Å²) in [5, 5.41) is 2.83. The summed E-state index contributed by atoms with van der Waals surface area (Å²) in [6, 6.07) is -0.0609. The van der Waals surface area contributed by atoms with Gasteiger partial charge in [0, 0.05) is 25.6 Å². The van der Waals surface area contributed by atoms with E-state index < -0.39 is 0 Å². The highest BCUT2D eigenvalue weighted by atomic mass is 16.5. The molecular weight excluding hydrogens is 192 g/mol. The monoisotopic (exact) mass is 216 g/mol. The second-order valence-corrected chi connectivity index (χ2v) is 4.16. The first-order valence-electron chi connectivity index (χ1n) is 5.66. The third kappa shape index (κ3) is 11.3. The van der Waals surface area contributed by atoms with E-state index in [0.29, 0.717) is 13.0 Å². The van der Waals surface area contributed by atoms with Crippen LogP contribution >= 0.6 is 0 Å². The third-order valence-electron chi connectivity index (χ3n) is 1.85. The van der Waals surface area contributed by atoms with E-state index in [0.717, 1.165) is 19.4 Å². The van der Waals surface area contributed by atoms with E-state index in [-0.39, 0.29) is 18.1 Å². The number of hydrogen-bond donors (Lipinski definition) is 2. The standard InChI is InChI=1S/C11H24N2O2/c1-9(2)15-7-5-4-6-13-11(14)8-10(3)12/h9-10H,4-8,12H2,1-3H3,(H,13,14). The molecule has 1 unspecified atom stereocenters. The van der Waals surface area contributed by atoms with Gasteiger partial charge in [0.1, 0.15) is 0 Å². The van der Waals surface area contributed by atoms with E-state index in [2.05, 4.69) is 5.32 Å². The lowest BCUT2D eigenvalue weighted by Gasteiger charge is -2.08. The zero-order chi connectivity index (χ0) is 11.7. The Morgan fingerprint density at radius 1 is 1.33 bits per heavy atom. The Morgan fingerprint density at radius 2 is 2.00 bits per heavy atom. The minimum atomic E-state index is -0.0609. The minimum Gasteiger partial charge on any atom is -0.379 e. The molecule has 0 aromatic rings. The van der Waals surface area contributed by atoms with Gasteiger partial charge < -0.3 is 15.8 Å². The number of carbonyl (C=O) groups excluding carboxylic acids is 1. The molecule has 1 atom stereocenters. The van der Waals surface area contributed by atoms with Crippen LogP contribution in [0.5, 0.6) is 0 Å². The quantitative estimate of drug-likeness (QED) is 0.596. The van der Waals surface area contributed by atoms with Crippen LogP contribution in [0, 0.1) is 0 Å². The smallest absolute Gasteiger partial charge is 0.221 e. The number of unbranched alkanes of at least 4 members (excludes halogenated alkanes) is 1. The normalized spacial score (nSPS) is 12.9. The van der Waals surface area contributed by atoms with Crippen LogP contribution in [-0.2, 0) is 9.53 Å². The van der Waals surface area contributed by atoms with Crippen molar-refractivity contribution in [2.24, 2.45) is 5.73 Å². The van der Waals surface area contributed by atoms with Gasteiger partial charge in [0.2, 0.25) is 5.91 Å². The van der Waals surface area contributed by atoms with Crippen LogP contribution < -0.4 is 11.1 Å². The van der Waals surface area contributed by atoms with Gasteiger partial charge in [0.15, 0.2) is 0 Å². The van der Waals surface area contributed by atoms with Crippen molar-refractivity contribution in [2.45, 2.75) is 52.2 Å². The molecule has 1 amide bonds. The van der Waals surface area contributed by atoms with E-state index in [4.69, 9.17) is 10.5 Å². The molecule has 0 aliphatic carbocycles. The van der Waals surface area contributed by atoms with E-state index in [1.807, 2.05) is 20.8 Å². The summed E-state index contributed by atoms with van der Waals surface area (Å²) in [6.07, 6.45) is 2.63. The van der Waals surface area contributed by atoms with E-state index in [1.54, 1.807) is 0 Å². The van der Waals surface area contributed by atoms with E-state index >= 15 is 0 Å². The number of nitrogens with one attached hydrogen (secondary N) is 1. The van der Waals surface area contributed by atoms with Crippen LogP contribution in [0.25, 0.3) is 0 Å². The molecular formula is C11H24N2O2. The van der Waals surface area contributed by atoms with Crippen molar-refractivity contribution >= 4 is 5.91 Å². The molecule has 0 aliphatic rings. The molecule has 0 radical (unpaired) electrons. The second kappa shape index (κ2) is 8.68. The van der Waals surface area contributed by atoms with Crippen LogP contribution in [-0.4, -0.2) is 31.2 Å². The van der Waals surface area contributed by atoms with Crippen LogP contribution in [0.2, 0.25) is 0 Å². The van der Waals surface area contributed by atoms with Gasteiger partial charge in [-0.1, -0.05) is 0 Å². The molecule has 0 heterocycles. The zero-order valence-corrected chi connectivity index (χ0v) is 10.1. The molecule has 0 fully saturated rings. The Bertz CT molecular complexity index is 170. The van der Waals surface area contributed by atoms with Crippen molar-refractivity contribution < 1.29 is 9.53 Å². The summed E-state index contributed by atoms with van der Waals surface area (Å²) >= 11 is 0. The van der Waals surface area contributed by atoms with E-state index in [9.17, 15) is 4.79 Å². The average Bonchev–Trinajstić information content (AvgIpc) is 2.09. The Kier molecular flexibility index (Phi) is 8.33. The molecule has 15 heavy (non-hydrogen) atoms. The zero-order valence-electron chi connectivity index (χ0n) is 10.1. The molecule has 0 aliphatic heterocycles. The lowest BCUT2D eigenvalue weighted by molar-refractivity contribution is -0.121. The van der Waals surface area contributed by atoms with Crippen molar-refractivity contribution in [3.8, 4) is 0 Å². The summed E-state index contributed by atoms with van der Waals surface area (Å²) < 4.78 is 5.38. The summed E-state index contributed by atoms with van der Waals surface area (Å²) in [6.45, 7) is 7.35. The highest BCUT2D eigenvalue weighted by Gasteiger charge is 2.03. The molecule has 0 aromatic carbocycles. The molecule has 4 nitrogen and oxygen atoms in total. The van der Waals surface area contributed by atoms with Crippen molar-refractivity contribution in [2.75, 3.05) is 13.2 Å². The number of hydrogen-bond acceptors (Lipinski definition) is 3. The van der Waals surface area contributed by atoms with Crippen LogP contribution in [0.1, 0.15) is 40.0 Å². The SMILES string of the molecule is CC(N)CC(=O)NCCCCOC(C)C. The predicted molar refractivity (Wildman–Crippen MR) is 61.6 cm³/mol. The fraction of sp³-hybridized carbons (Fsp3) is 0.909. The number of rotatable bonds is 8. The summed E-state index contributed by atoms with van der Waals surface area (Å²) in [7, 11) is 0. The molecule has 0 bridgehead atoms. The summed E-state index contributed by atoms with van der Waals surface area (Å²) in [5.41, 5.74) is 5.50. The van der Waals surface area contributed by atoms with Gasteiger partial charge in [-0.15, -0.1) is 0 Å². The van der Waals surface area contributed by atoms with Gasteiger partial charge in [0.25, 0.3) is 0 Å². The van der Waals surface area contributed by atoms with Crippen LogP contribution in [0.15, 0.2) is 0 Å². The molecule has 0 saturated carbocycles. The minimum absolute atomic E-state index is 0.0368. The molecule has 4 heteroatoms. The van der Waals surface area contributed by atoms with Crippen LogP contribution in [0.3, 0.4) is 0 Å². The number of nitrogens with two attached hydrogens (primary N) is 1. The number of amides is 1. The lowest BCUT2D eigenvalue weighted by atomic mass is 10.2. The number of carbonyl (C=O) groups is 1. The molecule has 0 aromatic heterocycles. The fourth-order valence-corrected chi connectivity index (χ4v) is 1.14. The van der Waals surface area contributed by atoms with Crippen molar-refractivity contribution in [3.05, 3.63) is 0 Å². The average molecular weight is 216 g/mol. The van der Waals surface area contributed by atoms with Gasteiger partial charge in [-0.05, 0) is 33.6 Å². The summed E-state index contributed by atoms with van der Waals surface area (Å²) in [4.78, 5) is 11.2. The molecule has 0 saturated heterocycles. The first-order chi connectivity index (χ1) is 7.02. The second-order valence-electron chi connectivity index (χ2n) is 4.16. The molecule has 90 valence electrons. The maximum Gasteiger partial charge on any atom is 0.221 e. The molecule has 0 spiro atoms. The Hall–Kier alpha value is -0.610. The third-order valence-corrected chi connectivity index (χ3v) is 1.85. The van der Waals surface area contributed by atoms with Crippen molar-refractivity contribution in [3.63, 3.8) is 0 Å². The Balaban J connectivity index is 3.20. The highest BCUT2D eigenvalue weighted by molar-refractivity contribution is 5.76. The van der Waals surface area contributed by atoms with Gasteiger partial charge in [-0.3, -0.25) is 4.79 Å². The summed E-state index contributed by atoms with van der Waals surface area (Å²) in [5.74, 6) is 0.0368. The topological polar surface area (TPSA) is 64.4 Å².